The lowest BCUT2D eigenvalue weighted by Crippen LogP contribution is -2.30. The first kappa shape index (κ1) is 79.1. The minimum absolute atomic E-state index is 0.102. The molecule has 0 saturated heterocycles. The van der Waals surface area contributed by atoms with E-state index < -0.39 is 97.5 Å². The quantitative estimate of drug-likeness (QED) is 0.0222. The van der Waals surface area contributed by atoms with Crippen LogP contribution in [0.4, 0.5) is 0 Å². The lowest BCUT2D eigenvalue weighted by atomic mass is 10.0. The molecule has 0 heterocycles. The van der Waals surface area contributed by atoms with Gasteiger partial charge >= 0.3 is 39.5 Å². The molecular formula is C62H120O17P2. The molecule has 0 fully saturated rings. The van der Waals surface area contributed by atoms with Gasteiger partial charge in [-0.2, -0.15) is 0 Å². The minimum atomic E-state index is -4.94. The van der Waals surface area contributed by atoms with Crippen LogP contribution in [0.1, 0.15) is 305 Å². The maximum Gasteiger partial charge on any atom is 0.472 e. The van der Waals surface area contributed by atoms with Gasteiger partial charge in [-0.1, -0.05) is 253 Å². The number of phosphoric ester groups is 2. The van der Waals surface area contributed by atoms with E-state index in [0.29, 0.717) is 31.6 Å². The van der Waals surface area contributed by atoms with Crippen molar-refractivity contribution in [3.63, 3.8) is 0 Å². The molecule has 0 aromatic carbocycles. The second-order valence-corrected chi connectivity index (χ2v) is 26.3. The monoisotopic (exact) mass is 1200 g/mol. The largest absolute Gasteiger partial charge is 0.472 e. The zero-order valence-electron chi connectivity index (χ0n) is 52.1. The number of carbonyl (C=O) groups is 4. The van der Waals surface area contributed by atoms with E-state index in [0.717, 1.165) is 102 Å². The van der Waals surface area contributed by atoms with E-state index in [1.807, 2.05) is 0 Å². The first-order valence-corrected chi connectivity index (χ1v) is 35.5. The molecule has 0 aromatic heterocycles. The van der Waals surface area contributed by atoms with E-state index in [-0.39, 0.29) is 25.7 Å². The number of hydrogen-bond donors (Lipinski definition) is 3. The van der Waals surface area contributed by atoms with Gasteiger partial charge in [-0.05, 0) is 37.5 Å². The van der Waals surface area contributed by atoms with Gasteiger partial charge in [0.15, 0.2) is 12.2 Å². The maximum absolute atomic E-state index is 13.0. The Labute approximate surface area is 492 Å². The zero-order chi connectivity index (χ0) is 60.1. The van der Waals surface area contributed by atoms with Gasteiger partial charge in [-0.3, -0.25) is 37.3 Å². The number of carbonyl (C=O) groups excluding carboxylic acids is 4. The fraction of sp³-hybridized carbons (Fsp3) is 0.935. The van der Waals surface area contributed by atoms with Crippen LogP contribution in [-0.4, -0.2) is 96.7 Å². The van der Waals surface area contributed by atoms with Crippen molar-refractivity contribution in [2.45, 2.75) is 323 Å². The lowest BCUT2D eigenvalue weighted by molar-refractivity contribution is -0.161. The van der Waals surface area contributed by atoms with E-state index in [1.54, 1.807) is 0 Å². The van der Waals surface area contributed by atoms with Crippen molar-refractivity contribution in [3.8, 4) is 0 Å². The van der Waals surface area contributed by atoms with Gasteiger partial charge in [0, 0.05) is 25.7 Å². The third-order valence-electron chi connectivity index (χ3n) is 14.2. The van der Waals surface area contributed by atoms with Crippen LogP contribution in [0.3, 0.4) is 0 Å². The molecule has 2 unspecified atom stereocenters. The van der Waals surface area contributed by atoms with Crippen molar-refractivity contribution in [1.82, 2.24) is 0 Å². The van der Waals surface area contributed by atoms with Crippen LogP contribution in [0.2, 0.25) is 0 Å². The Morgan fingerprint density at radius 3 is 0.840 bits per heavy atom. The first-order chi connectivity index (χ1) is 38.9. The van der Waals surface area contributed by atoms with E-state index in [1.165, 1.54) is 116 Å². The summed E-state index contributed by atoms with van der Waals surface area (Å²) in [6.07, 6.45) is 36.4. The lowest BCUT2D eigenvalue weighted by Gasteiger charge is -2.21. The van der Waals surface area contributed by atoms with Gasteiger partial charge < -0.3 is 33.8 Å². The average Bonchev–Trinajstić information content (AvgIpc) is 3.42. The summed E-state index contributed by atoms with van der Waals surface area (Å²) in [5, 5.41) is 10.5. The van der Waals surface area contributed by atoms with E-state index in [4.69, 9.17) is 37.0 Å². The third kappa shape index (κ3) is 56.9. The van der Waals surface area contributed by atoms with Crippen LogP contribution >= 0.6 is 15.6 Å². The normalized spacial score (nSPS) is 14.4. The molecular weight excluding hydrogens is 1080 g/mol. The second kappa shape index (κ2) is 54.7. The average molecular weight is 1200 g/mol. The highest BCUT2D eigenvalue weighted by Crippen LogP contribution is 2.45. The topological polar surface area (TPSA) is 237 Å². The van der Waals surface area contributed by atoms with Gasteiger partial charge in [-0.25, -0.2) is 9.13 Å². The van der Waals surface area contributed by atoms with Crippen LogP contribution in [0.25, 0.3) is 0 Å². The van der Waals surface area contributed by atoms with Crippen molar-refractivity contribution in [2.24, 2.45) is 11.8 Å². The first-order valence-electron chi connectivity index (χ1n) is 32.5. The number of unbranched alkanes of at least 4 members (excludes halogenated alkanes) is 31. The molecule has 17 nitrogen and oxygen atoms in total. The van der Waals surface area contributed by atoms with E-state index >= 15 is 0 Å². The Balaban J connectivity index is 5.23. The van der Waals surface area contributed by atoms with Crippen LogP contribution < -0.4 is 0 Å². The maximum atomic E-state index is 13.0. The molecule has 0 aliphatic carbocycles. The second-order valence-electron chi connectivity index (χ2n) is 23.4. The highest BCUT2D eigenvalue weighted by Gasteiger charge is 2.30. The highest BCUT2D eigenvalue weighted by molar-refractivity contribution is 7.47. The van der Waals surface area contributed by atoms with Gasteiger partial charge in [0.05, 0.1) is 26.4 Å². The smallest absolute Gasteiger partial charge is 0.462 e. The molecule has 5 atom stereocenters. The molecule has 0 spiro atoms. The predicted molar refractivity (Wildman–Crippen MR) is 321 cm³/mol. The fourth-order valence-corrected chi connectivity index (χ4v) is 10.8. The number of aliphatic hydroxyl groups is 1. The highest BCUT2D eigenvalue weighted by atomic mass is 31.2. The number of phosphoric acid groups is 2. The summed E-state index contributed by atoms with van der Waals surface area (Å²) in [5.74, 6) is -0.721. The Bertz CT molecular complexity index is 1600. The van der Waals surface area contributed by atoms with Crippen molar-refractivity contribution in [3.05, 3.63) is 0 Å². The zero-order valence-corrected chi connectivity index (χ0v) is 53.9. The Morgan fingerprint density at radius 1 is 0.333 bits per heavy atom. The summed E-state index contributed by atoms with van der Waals surface area (Å²) < 4.78 is 67.8. The summed E-state index contributed by atoms with van der Waals surface area (Å²) >= 11 is 0. The number of aliphatic hydroxyl groups excluding tert-OH is 1. The summed E-state index contributed by atoms with van der Waals surface area (Å²) in [7, 11) is -9.88. The van der Waals surface area contributed by atoms with Crippen LogP contribution in [0.5, 0.6) is 0 Å². The summed E-state index contributed by atoms with van der Waals surface area (Å²) in [5.41, 5.74) is 0. The number of esters is 4. The van der Waals surface area contributed by atoms with Crippen LogP contribution in [0.15, 0.2) is 0 Å². The SMILES string of the molecule is CCCCCCCCCCCCCC(=O)OC[C@H](COP(=O)(O)OC[C@@H](O)COP(=O)(O)OC[C@@H](COC(=O)CCCCCCCCCC)OC(=O)CCCCCCCCC(C)C)OC(=O)CCCCCCCCCCCCC(C)C. The Hall–Kier alpha value is -1.94. The van der Waals surface area contributed by atoms with Crippen molar-refractivity contribution < 1.29 is 80.2 Å². The summed E-state index contributed by atoms with van der Waals surface area (Å²) in [4.78, 5) is 72.0. The van der Waals surface area contributed by atoms with Gasteiger partial charge in [-0.15, -0.1) is 0 Å². The van der Waals surface area contributed by atoms with E-state index in [9.17, 15) is 43.2 Å². The molecule has 3 N–H and O–H groups in total. The molecule has 19 heteroatoms. The summed E-state index contributed by atoms with van der Waals surface area (Å²) in [6, 6.07) is 0. The number of rotatable bonds is 61. The molecule has 0 aromatic rings. The molecule has 0 aliphatic rings. The molecule has 0 aliphatic heterocycles. The fourth-order valence-electron chi connectivity index (χ4n) is 9.18. The molecule has 0 rings (SSSR count). The van der Waals surface area contributed by atoms with Crippen molar-refractivity contribution in [1.29, 1.82) is 0 Å². The van der Waals surface area contributed by atoms with Gasteiger partial charge in [0.1, 0.15) is 19.3 Å². The standard InChI is InChI=1S/C62H120O17P2/c1-7-9-11-13-15-17-18-22-26-33-39-45-60(65)73-50-57(78-61(66)46-40-34-27-23-20-19-21-24-30-36-42-54(3)4)52-76-80(68,69)74-48-56(63)49-75-81(70,71)77-53-58(51-72-59(64)44-38-32-25-16-14-12-10-8-2)79-62(67)47-41-35-29-28-31-37-43-55(5)6/h54-58,63H,7-53H2,1-6H3,(H,68,69)(H,70,71)/t56-,57-,58-/m1/s1. The van der Waals surface area contributed by atoms with E-state index in [2.05, 4.69) is 41.5 Å². The number of ether oxygens (including phenoxy) is 4. The molecule has 0 amide bonds. The predicted octanol–water partition coefficient (Wildman–Crippen LogP) is 16.9. The Morgan fingerprint density at radius 2 is 0.568 bits per heavy atom. The van der Waals surface area contributed by atoms with Gasteiger partial charge in [0.2, 0.25) is 0 Å². The molecule has 480 valence electrons. The number of hydrogen-bond acceptors (Lipinski definition) is 15. The third-order valence-corrected chi connectivity index (χ3v) is 16.1. The molecule has 0 saturated carbocycles. The summed E-state index contributed by atoms with van der Waals surface area (Å²) in [6.45, 7) is 9.35. The van der Waals surface area contributed by atoms with Crippen molar-refractivity contribution >= 4 is 39.5 Å². The van der Waals surface area contributed by atoms with Crippen molar-refractivity contribution in [2.75, 3.05) is 39.6 Å². The molecule has 0 radical (unpaired) electrons. The Kier molecular flexibility index (Phi) is 53.4. The molecule has 81 heavy (non-hydrogen) atoms. The van der Waals surface area contributed by atoms with Crippen LogP contribution in [0, 0.1) is 11.8 Å². The van der Waals surface area contributed by atoms with Gasteiger partial charge in [0.25, 0.3) is 0 Å². The minimum Gasteiger partial charge on any atom is -0.462 e. The molecule has 0 bridgehead atoms. The van der Waals surface area contributed by atoms with Crippen LogP contribution in [-0.2, 0) is 65.4 Å².